The Morgan fingerprint density at radius 1 is 1.38 bits per heavy atom. The van der Waals surface area contributed by atoms with Crippen LogP contribution in [0, 0.1) is 0 Å². The molecule has 1 aromatic carbocycles. The van der Waals surface area contributed by atoms with E-state index in [4.69, 9.17) is 5.11 Å². The van der Waals surface area contributed by atoms with Crippen molar-refractivity contribution in [3.8, 4) is 0 Å². The van der Waals surface area contributed by atoms with E-state index in [0.717, 1.165) is 5.56 Å². The molecule has 0 aromatic heterocycles. The minimum Gasteiger partial charge on any atom is -0.395 e. The molecule has 3 nitrogen and oxygen atoms in total. The largest absolute Gasteiger partial charge is 0.395 e. The van der Waals surface area contributed by atoms with Gasteiger partial charge >= 0.3 is 0 Å². The third-order valence-electron chi connectivity index (χ3n) is 2.69. The molecule has 16 heavy (non-hydrogen) atoms. The van der Waals surface area contributed by atoms with Gasteiger partial charge in [-0.1, -0.05) is 30.3 Å². The fraction of sp³-hybridized carbons (Fsp3) is 0.462. The maximum Gasteiger partial charge on any atom is 0.151 e. The Kier molecular flexibility index (Phi) is 5.15. The van der Waals surface area contributed by atoms with Gasteiger partial charge in [0.2, 0.25) is 0 Å². The first-order chi connectivity index (χ1) is 7.63. The summed E-state index contributed by atoms with van der Waals surface area (Å²) in [7, 11) is 1.85. The molecule has 1 aromatic rings. The quantitative estimate of drug-likeness (QED) is 0.782. The molecule has 0 amide bonds. The van der Waals surface area contributed by atoms with Gasteiger partial charge in [0.05, 0.1) is 13.2 Å². The van der Waals surface area contributed by atoms with Crippen molar-refractivity contribution in [1.29, 1.82) is 0 Å². The number of Topliss-reactive ketones (excluding diaryl/α,β-unsaturated/α-hetero) is 1. The van der Waals surface area contributed by atoms with E-state index in [1.54, 1.807) is 0 Å². The summed E-state index contributed by atoms with van der Waals surface area (Å²) in [6.07, 6.45) is 0.462. The lowest BCUT2D eigenvalue weighted by Crippen LogP contribution is -2.36. The maximum absolute atomic E-state index is 11.7. The van der Waals surface area contributed by atoms with E-state index in [1.807, 2.05) is 49.2 Å². The van der Waals surface area contributed by atoms with E-state index >= 15 is 0 Å². The van der Waals surface area contributed by atoms with Crippen molar-refractivity contribution in [2.75, 3.05) is 20.2 Å². The van der Waals surface area contributed by atoms with Crippen molar-refractivity contribution in [2.24, 2.45) is 0 Å². The average Bonchev–Trinajstić information content (AvgIpc) is 2.29. The Morgan fingerprint density at radius 3 is 2.56 bits per heavy atom. The van der Waals surface area contributed by atoms with Crippen LogP contribution in [0.25, 0.3) is 0 Å². The normalized spacial score (nSPS) is 12.8. The molecule has 0 aliphatic rings. The summed E-state index contributed by atoms with van der Waals surface area (Å²) >= 11 is 0. The summed E-state index contributed by atoms with van der Waals surface area (Å²) in [6, 6.07) is 9.74. The lowest BCUT2D eigenvalue weighted by Gasteiger charge is -2.21. The number of hydrogen-bond donors (Lipinski definition) is 1. The Hall–Kier alpha value is -1.19. The van der Waals surface area contributed by atoms with Crippen molar-refractivity contribution in [1.82, 2.24) is 4.90 Å². The second kappa shape index (κ2) is 6.40. The number of carbonyl (C=O) groups excluding carboxylic acids is 1. The van der Waals surface area contributed by atoms with E-state index in [1.165, 1.54) is 0 Å². The molecule has 0 saturated carbocycles. The van der Waals surface area contributed by atoms with Gasteiger partial charge in [-0.25, -0.2) is 0 Å². The van der Waals surface area contributed by atoms with Crippen LogP contribution < -0.4 is 0 Å². The summed E-state index contributed by atoms with van der Waals surface area (Å²) in [5, 5.41) is 8.95. The monoisotopic (exact) mass is 221 g/mol. The fourth-order valence-electron chi connectivity index (χ4n) is 1.45. The highest BCUT2D eigenvalue weighted by atomic mass is 16.3. The van der Waals surface area contributed by atoms with E-state index in [9.17, 15) is 4.79 Å². The number of aliphatic hydroxyl groups is 1. The molecule has 0 aliphatic heterocycles. The first kappa shape index (κ1) is 12.9. The number of hydrogen-bond acceptors (Lipinski definition) is 3. The van der Waals surface area contributed by atoms with Crippen LogP contribution >= 0.6 is 0 Å². The maximum atomic E-state index is 11.7. The first-order valence-corrected chi connectivity index (χ1v) is 5.50. The average molecular weight is 221 g/mol. The van der Waals surface area contributed by atoms with Crippen LogP contribution in [0.3, 0.4) is 0 Å². The van der Waals surface area contributed by atoms with E-state index in [0.29, 0.717) is 13.0 Å². The van der Waals surface area contributed by atoms with Crippen LogP contribution in [-0.2, 0) is 11.2 Å². The predicted octanol–water partition coefficient (Wildman–Crippen LogP) is 1.11. The van der Waals surface area contributed by atoms with Crippen LogP contribution in [0.1, 0.15) is 12.5 Å². The van der Waals surface area contributed by atoms with Crippen LogP contribution in [0.5, 0.6) is 0 Å². The minimum absolute atomic E-state index is 0.0275. The van der Waals surface area contributed by atoms with Gasteiger partial charge in [0.15, 0.2) is 5.78 Å². The van der Waals surface area contributed by atoms with Gasteiger partial charge in [-0.15, -0.1) is 0 Å². The molecule has 0 saturated heterocycles. The van der Waals surface area contributed by atoms with Crippen LogP contribution in [0.15, 0.2) is 30.3 Å². The zero-order valence-electron chi connectivity index (χ0n) is 9.89. The molecule has 3 heteroatoms. The lowest BCUT2D eigenvalue weighted by atomic mass is 10.1. The Morgan fingerprint density at radius 2 is 2.00 bits per heavy atom. The van der Waals surface area contributed by atoms with Gasteiger partial charge in [0, 0.05) is 12.5 Å². The van der Waals surface area contributed by atoms with Crippen molar-refractivity contribution in [3.05, 3.63) is 35.9 Å². The van der Waals surface area contributed by atoms with Gasteiger partial charge in [-0.3, -0.25) is 9.69 Å². The molecule has 0 heterocycles. The highest BCUT2D eigenvalue weighted by Gasteiger charge is 2.12. The number of nitrogens with zero attached hydrogens (tertiary/aromatic N) is 1. The fourth-order valence-corrected chi connectivity index (χ4v) is 1.45. The van der Waals surface area contributed by atoms with E-state index in [-0.39, 0.29) is 18.4 Å². The Balaban J connectivity index is 2.42. The van der Waals surface area contributed by atoms with Crippen LogP contribution in [0.4, 0.5) is 0 Å². The molecule has 1 unspecified atom stereocenters. The van der Waals surface area contributed by atoms with E-state index in [2.05, 4.69) is 0 Å². The van der Waals surface area contributed by atoms with Gasteiger partial charge in [-0.05, 0) is 19.5 Å². The Bertz CT molecular complexity index is 324. The van der Waals surface area contributed by atoms with Gasteiger partial charge in [0.1, 0.15) is 0 Å². The third kappa shape index (κ3) is 4.13. The highest BCUT2D eigenvalue weighted by Crippen LogP contribution is 2.02. The van der Waals surface area contributed by atoms with Gasteiger partial charge in [0.25, 0.3) is 0 Å². The molecule has 0 fully saturated rings. The Labute approximate surface area is 96.7 Å². The lowest BCUT2D eigenvalue weighted by molar-refractivity contribution is -0.119. The number of carbonyl (C=O) groups is 1. The zero-order chi connectivity index (χ0) is 12.0. The summed E-state index contributed by atoms with van der Waals surface area (Å²) < 4.78 is 0. The van der Waals surface area contributed by atoms with Crippen molar-refractivity contribution < 1.29 is 9.90 Å². The molecular weight excluding hydrogens is 202 g/mol. The van der Waals surface area contributed by atoms with Crippen LogP contribution in [-0.4, -0.2) is 42.0 Å². The topological polar surface area (TPSA) is 40.5 Å². The number of rotatable bonds is 6. The minimum atomic E-state index is 0.0275. The van der Waals surface area contributed by atoms with Crippen molar-refractivity contribution in [3.63, 3.8) is 0 Å². The summed E-state index contributed by atoms with van der Waals surface area (Å²) in [5.41, 5.74) is 1.04. The summed E-state index contributed by atoms with van der Waals surface area (Å²) in [6.45, 7) is 2.36. The van der Waals surface area contributed by atoms with Crippen LogP contribution in [0.2, 0.25) is 0 Å². The molecule has 88 valence electrons. The standard InChI is InChI=1S/C13H19NO2/c1-11(10-15)14(2)9-13(16)8-12-6-4-3-5-7-12/h3-7,11,15H,8-10H2,1-2H3. The smallest absolute Gasteiger partial charge is 0.151 e. The van der Waals surface area contributed by atoms with E-state index < -0.39 is 0 Å². The molecule has 1 N–H and O–H groups in total. The van der Waals surface area contributed by atoms with Gasteiger partial charge < -0.3 is 5.11 Å². The molecule has 1 rings (SSSR count). The number of ketones is 1. The number of likely N-dealkylation sites (N-methyl/N-ethyl adjacent to an activating group) is 1. The molecule has 0 spiro atoms. The highest BCUT2D eigenvalue weighted by molar-refractivity contribution is 5.82. The molecule has 1 atom stereocenters. The zero-order valence-corrected chi connectivity index (χ0v) is 9.89. The molecular formula is C13H19NO2. The molecule has 0 bridgehead atoms. The number of benzene rings is 1. The van der Waals surface area contributed by atoms with Gasteiger partial charge in [-0.2, -0.15) is 0 Å². The van der Waals surface area contributed by atoms with Crippen molar-refractivity contribution in [2.45, 2.75) is 19.4 Å². The first-order valence-electron chi connectivity index (χ1n) is 5.50. The second-order valence-corrected chi connectivity index (χ2v) is 4.15. The summed E-state index contributed by atoms with van der Waals surface area (Å²) in [4.78, 5) is 13.6. The SMILES string of the molecule is CC(CO)N(C)CC(=O)Cc1ccccc1. The van der Waals surface area contributed by atoms with Crippen molar-refractivity contribution >= 4 is 5.78 Å². The second-order valence-electron chi connectivity index (χ2n) is 4.15. The molecule has 0 aliphatic carbocycles. The molecule has 0 radical (unpaired) electrons. The number of aliphatic hydroxyl groups excluding tert-OH is 1. The predicted molar refractivity (Wildman–Crippen MR) is 64.3 cm³/mol. The summed E-state index contributed by atoms with van der Waals surface area (Å²) in [5.74, 6) is 0.175. The third-order valence-corrected chi connectivity index (χ3v) is 2.69.